The Kier molecular flexibility index (Phi) is 3.84. The van der Waals surface area contributed by atoms with Gasteiger partial charge >= 0.3 is 13.1 Å². The van der Waals surface area contributed by atoms with E-state index in [0.29, 0.717) is 0 Å². The van der Waals surface area contributed by atoms with Crippen LogP contribution in [0.4, 0.5) is 8.78 Å². The summed E-state index contributed by atoms with van der Waals surface area (Å²) >= 11 is 0. The van der Waals surface area contributed by atoms with Crippen LogP contribution >= 0.6 is 0 Å². The second-order valence-corrected chi connectivity index (χ2v) is 5.94. The molecule has 0 saturated carbocycles. The molecule has 1 aromatic rings. The molecular weight excluding hydrogens is 281 g/mol. The van der Waals surface area contributed by atoms with Gasteiger partial charge in [-0.15, -0.1) is 0 Å². The van der Waals surface area contributed by atoms with Crippen LogP contribution in [0.15, 0.2) is 12.1 Å². The molecule has 0 unspecified atom stereocenters. The van der Waals surface area contributed by atoms with Crippen LogP contribution in [-0.2, 0) is 14.0 Å². The molecule has 1 saturated heterocycles. The largest absolute Gasteiger partial charge is 0.497 e. The van der Waals surface area contributed by atoms with Crippen LogP contribution in [0.25, 0.3) is 0 Å². The zero-order valence-corrected chi connectivity index (χ0v) is 12.6. The van der Waals surface area contributed by atoms with Crippen LogP contribution in [0.5, 0.6) is 0 Å². The summed E-state index contributed by atoms with van der Waals surface area (Å²) in [5, 5.41) is 0. The van der Waals surface area contributed by atoms with Crippen LogP contribution in [0, 0.1) is 11.6 Å². The number of ether oxygens (including phenoxy) is 1. The maximum Gasteiger partial charge on any atom is 0.497 e. The van der Waals surface area contributed by atoms with E-state index in [0.717, 1.165) is 19.2 Å². The molecule has 4 nitrogen and oxygen atoms in total. The Morgan fingerprint density at radius 2 is 1.67 bits per heavy atom. The van der Waals surface area contributed by atoms with Crippen molar-refractivity contribution in [1.82, 2.24) is 0 Å². The van der Waals surface area contributed by atoms with Crippen molar-refractivity contribution < 1.29 is 27.6 Å². The predicted molar refractivity (Wildman–Crippen MR) is 73.4 cm³/mol. The van der Waals surface area contributed by atoms with Crippen molar-refractivity contribution in [3.8, 4) is 0 Å². The summed E-state index contributed by atoms with van der Waals surface area (Å²) < 4.78 is 43.9. The number of rotatable bonds is 2. The molecule has 114 valence electrons. The van der Waals surface area contributed by atoms with Crippen LogP contribution in [0.1, 0.15) is 38.1 Å². The highest BCUT2D eigenvalue weighted by Crippen LogP contribution is 2.36. The van der Waals surface area contributed by atoms with Gasteiger partial charge in [0, 0.05) is 5.46 Å². The van der Waals surface area contributed by atoms with Crippen LogP contribution in [-0.4, -0.2) is 31.4 Å². The van der Waals surface area contributed by atoms with Gasteiger partial charge < -0.3 is 14.0 Å². The van der Waals surface area contributed by atoms with Gasteiger partial charge in [-0.1, -0.05) is 0 Å². The summed E-state index contributed by atoms with van der Waals surface area (Å²) in [7, 11) is 0.00956. The topological polar surface area (TPSA) is 44.8 Å². The van der Waals surface area contributed by atoms with E-state index in [9.17, 15) is 13.6 Å². The van der Waals surface area contributed by atoms with Crippen molar-refractivity contribution in [3.63, 3.8) is 0 Å². The Morgan fingerprint density at radius 3 is 2.14 bits per heavy atom. The highest BCUT2D eigenvalue weighted by molar-refractivity contribution is 6.62. The Hall–Kier alpha value is -1.47. The third-order valence-corrected chi connectivity index (χ3v) is 3.98. The number of benzene rings is 1. The average molecular weight is 298 g/mol. The van der Waals surface area contributed by atoms with Gasteiger partial charge in [0.25, 0.3) is 0 Å². The lowest BCUT2D eigenvalue weighted by Gasteiger charge is -2.32. The molecule has 0 bridgehead atoms. The number of hydrogen-bond donors (Lipinski definition) is 0. The van der Waals surface area contributed by atoms with Crippen LogP contribution in [0.2, 0.25) is 0 Å². The smallest absolute Gasteiger partial charge is 0.465 e. The lowest BCUT2D eigenvalue weighted by Crippen LogP contribution is -2.41. The third-order valence-electron chi connectivity index (χ3n) is 3.98. The van der Waals surface area contributed by atoms with Crippen molar-refractivity contribution in [3.05, 3.63) is 29.3 Å². The Labute approximate surface area is 122 Å². The molecule has 21 heavy (non-hydrogen) atoms. The van der Waals surface area contributed by atoms with E-state index in [2.05, 4.69) is 4.74 Å². The van der Waals surface area contributed by atoms with E-state index < -0.39 is 41.5 Å². The molecule has 0 spiro atoms. The number of hydrogen-bond acceptors (Lipinski definition) is 4. The van der Waals surface area contributed by atoms with E-state index in [1.165, 1.54) is 0 Å². The molecule has 0 amide bonds. The van der Waals surface area contributed by atoms with Gasteiger partial charge in [0.05, 0.1) is 23.9 Å². The fourth-order valence-electron chi connectivity index (χ4n) is 2.01. The maximum atomic E-state index is 14.4. The first-order valence-corrected chi connectivity index (χ1v) is 6.52. The summed E-state index contributed by atoms with van der Waals surface area (Å²) in [6, 6.07) is 1.75. The van der Waals surface area contributed by atoms with Gasteiger partial charge in [-0.3, -0.25) is 0 Å². The van der Waals surface area contributed by atoms with Crippen molar-refractivity contribution >= 4 is 18.6 Å². The Balaban J connectivity index is 2.47. The van der Waals surface area contributed by atoms with Crippen molar-refractivity contribution in [1.29, 1.82) is 0 Å². The zero-order valence-electron chi connectivity index (χ0n) is 12.6. The van der Waals surface area contributed by atoms with Gasteiger partial charge in [0.15, 0.2) is 0 Å². The Bertz CT molecular complexity index is 571. The van der Waals surface area contributed by atoms with E-state index in [4.69, 9.17) is 9.31 Å². The molecule has 0 N–H and O–H groups in total. The molecule has 7 heteroatoms. The first-order chi connectivity index (χ1) is 9.59. The first kappa shape index (κ1) is 15.9. The van der Waals surface area contributed by atoms with Crippen molar-refractivity contribution in [2.24, 2.45) is 0 Å². The van der Waals surface area contributed by atoms with E-state index in [1.54, 1.807) is 27.7 Å². The summed E-state index contributed by atoms with van der Waals surface area (Å²) in [5.74, 6) is -2.62. The number of methoxy groups -OCH3 is 1. The lowest BCUT2D eigenvalue weighted by molar-refractivity contribution is 0.00578. The molecule has 0 radical (unpaired) electrons. The van der Waals surface area contributed by atoms with Gasteiger partial charge in [0.1, 0.15) is 11.6 Å². The SMILES string of the molecule is COC(=O)c1cc(F)cc(B2OC(C)(C)C(C)(C)O2)c1F. The normalized spacial score (nSPS) is 19.7. The van der Waals surface area contributed by atoms with Gasteiger partial charge in [-0.05, 0) is 39.8 Å². The second-order valence-electron chi connectivity index (χ2n) is 5.94. The number of carbonyl (C=O) groups excluding carboxylic acids is 1. The monoisotopic (exact) mass is 298 g/mol. The molecular formula is C14H17BF2O4. The molecule has 0 atom stereocenters. The maximum absolute atomic E-state index is 14.4. The van der Waals surface area contributed by atoms with Gasteiger partial charge in [-0.25, -0.2) is 13.6 Å². The molecule has 1 heterocycles. The lowest BCUT2D eigenvalue weighted by atomic mass is 9.77. The molecule has 0 aromatic heterocycles. The number of esters is 1. The molecule has 2 rings (SSSR count). The van der Waals surface area contributed by atoms with Crippen molar-refractivity contribution in [2.45, 2.75) is 38.9 Å². The molecule has 0 aliphatic carbocycles. The quantitative estimate of drug-likeness (QED) is 0.619. The standard InChI is InChI=1S/C14H17BF2O4/c1-13(2)14(3,4)21-15(20-13)10-7-8(16)6-9(11(10)17)12(18)19-5/h6-7H,1-5H3. The third kappa shape index (κ3) is 2.67. The minimum atomic E-state index is -1.09. The highest BCUT2D eigenvalue weighted by Gasteiger charge is 2.52. The minimum Gasteiger partial charge on any atom is -0.465 e. The summed E-state index contributed by atoms with van der Waals surface area (Å²) in [6.07, 6.45) is 0. The molecule has 1 aromatic carbocycles. The Morgan fingerprint density at radius 1 is 1.14 bits per heavy atom. The van der Waals surface area contributed by atoms with E-state index in [1.807, 2.05) is 0 Å². The summed E-state index contributed by atoms with van der Waals surface area (Å²) in [4.78, 5) is 11.5. The summed E-state index contributed by atoms with van der Waals surface area (Å²) in [5.41, 5.74) is -2.03. The minimum absolute atomic E-state index is 0.158. The fraction of sp³-hybridized carbons (Fsp3) is 0.500. The average Bonchev–Trinajstić information content (AvgIpc) is 2.59. The van der Waals surface area contributed by atoms with Crippen molar-refractivity contribution in [2.75, 3.05) is 7.11 Å². The molecule has 1 aliphatic rings. The molecule has 1 aliphatic heterocycles. The first-order valence-electron chi connectivity index (χ1n) is 6.52. The second kappa shape index (κ2) is 5.07. The van der Waals surface area contributed by atoms with E-state index >= 15 is 0 Å². The summed E-state index contributed by atoms with van der Waals surface area (Å²) in [6.45, 7) is 7.19. The number of carbonyl (C=O) groups is 1. The van der Waals surface area contributed by atoms with Crippen LogP contribution in [0.3, 0.4) is 0 Å². The molecule has 1 fully saturated rings. The highest BCUT2D eigenvalue weighted by atomic mass is 19.1. The van der Waals surface area contributed by atoms with Gasteiger partial charge in [0.2, 0.25) is 0 Å². The van der Waals surface area contributed by atoms with E-state index in [-0.39, 0.29) is 5.46 Å². The fourth-order valence-corrected chi connectivity index (χ4v) is 2.01. The van der Waals surface area contributed by atoms with Crippen LogP contribution < -0.4 is 5.46 Å². The predicted octanol–water partition coefficient (Wildman–Crippen LogP) is 2.05. The zero-order chi connectivity index (χ0) is 16.0. The van der Waals surface area contributed by atoms with Gasteiger partial charge in [-0.2, -0.15) is 0 Å². The number of halogens is 2.